The van der Waals surface area contributed by atoms with Gasteiger partial charge in [-0.3, -0.25) is 4.98 Å². The molecule has 1 heterocycles. The molecule has 0 bridgehead atoms. The van der Waals surface area contributed by atoms with E-state index in [4.69, 9.17) is 4.74 Å². The highest BCUT2D eigenvalue weighted by Crippen LogP contribution is 2.37. The molecule has 0 radical (unpaired) electrons. The summed E-state index contributed by atoms with van der Waals surface area (Å²) in [6.45, 7) is 4.58. The van der Waals surface area contributed by atoms with E-state index >= 15 is 0 Å². The first-order valence-electron chi connectivity index (χ1n) is 5.75. The predicted octanol–water partition coefficient (Wildman–Crippen LogP) is 3.17. The fourth-order valence-corrected chi connectivity index (χ4v) is 2.47. The Morgan fingerprint density at radius 2 is 2.27 bits per heavy atom. The van der Waals surface area contributed by atoms with Gasteiger partial charge < -0.3 is 4.74 Å². The Labute approximate surface area is 91.7 Å². The maximum atomic E-state index is 5.25. The minimum absolute atomic E-state index is 0.663. The maximum Gasteiger partial charge on any atom is 0.137 e. The summed E-state index contributed by atoms with van der Waals surface area (Å²) in [4.78, 5) is 4.50. The smallest absolute Gasteiger partial charge is 0.137 e. The van der Waals surface area contributed by atoms with E-state index in [1.165, 1.54) is 24.1 Å². The highest BCUT2D eigenvalue weighted by molar-refractivity contribution is 5.34. The number of ether oxygens (including phenoxy) is 1. The molecule has 2 nitrogen and oxygen atoms in total. The zero-order valence-electron chi connectivity index (χ0n) is 9.79. The summed E-state index contributed by atoms with van der Waals surface area (Å²) in [5.74, 6) is 2.25. The fraction of sp³-hybridized carbons (Fsp3) is 0.615. The molecule has 0 fully saturated rings. The molecule has 1 aliphatic rings. The number of hydrogen-bond donors (Lipinski definition) is 0. The van der Waals surface area contributed by atoms with E-state index < -0.39 is 0 Å². The molecule has 2 heteroatoms. The molecule has 2 rings (SSSR count). The van der Waals surface area contributed by atoms with Crippen LogP contribution in [0.15, 0.2) is 12.3 Å². The van der Waals surface area contributed by atoms with Crippen molar-refractivity contribution in [3.63, 3.8) is 0 Å². The van der Waals surface area contributed by atoms with Crippen LogP contribution < -0.4 is 4.74 Å². The summed E-state index contributed by atoms with van der Waals surface area (Å²) in [5.41, 5.74) is 2.69. The first-order valence-corrected chi connectivity index (χ1v) is 5.75. The molecule has 0 aliphatic heterocycles. The van der Waals surface area contributed by atoms with Crippen molar-refractivity contribution in [1.29, 1.82) is 0 Å². The lowest BCUT2D eigenvalue weighted by Crippen LogP contribution is -2.16. The lowest BCUT2D eigenvalue weighted by Gasteiger charge is -2.27. The van der Waals surface area contributed by atoms with Gasteiger partial charge in [0.2, 0.25) is 0 Å². The second kappa shape index (κ2) is 4.21. The average Bonchev–Trinajstić information content (AvgIpc) is 2.27. The first-order chi connectivity index (χ1) is 7.22. The van der Waals surface area contributed by atoms with Gasteiger partial charge in [0.1, 0.15) is 5.75 Å². The van der Waals surface area contributed by atoms with E-state index in [9.17, 15) is 0 Å². The molecule has 1 aromatic rings. The van der Waals surface area contributed by atoms with Gasteiger partial charge in [-0.2, -0.15) is 0 Å². The van der Waals surface area contributed by atoms with Gasteiger partial charge in [-0.15, -0.1) is 0 Å². The van der Waals surface area contributed by atoms with Crippen molar-refractivity contribution in [3.8, 4) is 5.75 Å². The monoisotopic (exact) mass is 205 g/mol. The average molecular weight is 205 g/mol. The van der Waals surface area contributed by atoms with E-state index in [-0.39, 0.29) is 0 Å². The van der Waals surface area contributed by atoms with E-state index in [0.717, 1.165) is 12.2 Å². The summed E-state index contributed by atoms with van der Waals surface area (Å²) < 4.78 is 5.25. The van der Waals surface area contributed by atoms with E-state index in [2.05, 4.69) is 24.9 Å². The van der Waals surface area contributed by atoms with Crippen molar-refractivity contribution in [3.05, 3.63) is 23.5 Å². The normalized spacial score (nSPS) is 20.1. The van der Waals surface area contributed by atoms with Crippen LogP contribution in [-0.2, 0) is 6.42 Å². The molecular weight excluding hydrogens is 186 g/mol. The third-order valence-corrected chi connectivity index (χ3v) is 3.35. The Balaban J connectivity index is 2.39. The SMILES string of the molecule is COc1cnc2c(c1)C(C(C)C)CCC2. The minimum Gasteiger partial charge on any atom is -0.495 e. The van der Waals surface area contributed by atoms with Crippen LogP contribution >= 0.6 is 0 Å². The lowest BCUT2D eigenvalue weighted by molar-refractivity contribution is 0.400. The Hall–Kier alpha value is -1.05. The van der Waals surface area contributed by atoms with Gasteiger partial charge in [-0.1, -0.05) is 13.8 Å². The van der Waals surface area contributed by atoms with Crippen molar-refractivity contribution in [2.24, 2.45) is 5.92 Å². The highest BCUT2D eigenvalue weighted by Gasteiger charge is 2.24. The Bertz CT molecular complexity index is 346. The summed E-state index contributed by atoms with van der Waals surface area (Å²) in [6, 6.07) is 2.17. The van der Waals surface area contributed by atoms with E-state index in [1.54, 1.807) is 7.11 Å². The van der Waals surface area contributed by atoms with Gasteiger partial charge in [0.05, 0.1) is 13.3 Å². The minimum atomic E-state index is 0.663. The van der Waals surface area contributed by atoms with Crippen LogP contribution in [0.1, 0.15) is 43.9 Å². The molecule has 0 N–H and O–H groups in total. The van der Waals surface area contributed by atoms with Crippen LogP contribution in [0.3, 0.4) is 0 Å². The van der Waals surface area contributed by atoms with Crippen LogP contribution in [0.4, 0.5) is 0 Å². The number of aromatic nitrogens is 1. The van der Waals surface area contributed by atoms with Crippen molar-refractivity contribution in [1.82, 2.24) is 4.98 Å². The summed E-state index contributed by atoms with van der Waals surface area (Å²) >= 11 is 0. The van der Waals surface area contributed by atoms with Gasteiger partial charge in [-0.05, 0) is 42.7 Å². The standard InChI is InChI=1S/C13H19NO/c1-9(2)11-5-4-6-13-12(11)7-10(15-3)8-14-13/h7-9,11H,4-6H2,1-3H3. The fourth-order valence-electron chi connectivity index (χ4n) is 2.47. The predicted molar refractivity (Wildman–Crippen MR) is 61.3 cm³/mol. The molecule has 0 saturated heterocycles. The second-order valence-electron chi connectivity index (χ2n) is 4.65. The van der Waals surface area contributed by atoms with Crippen LogP contribution in [-0.4, -0.2) is 12.1 Å². The molecular formula is C13H19NO. The number of fused-ring (bicyclic) bond motifs is 1. The van der Waals surface area contributed by atoms with Gasteiger partial charge in [0.25, 0.3) is 0 Å². The summed E-state index contributed by atoms with van der Waals surface area (Å²) in [6.07, 6.45) is 5.53. The largest absolute Gasteiger partial charge is 0.495 e. The van der Waals surface area contributed by atoms with Crippen LogP contribution in [0.5, 0.6) is 5.75 Å². The molecule has 0 amide bonds. The molecule has 1 atom stereocenters. The number of rotatable bonds is 2. The Morgan fingerprint density at radius 1 is 1.47 bits per heavy atom. The molecule has 1 aliphatic carbocycles. The number of pyridine rings is 1. The first kappa shape index (κ1) is 10.5. The number of methoxy groups -OCH3 is 1. The molecule has 15 heavy (non-hydrogen) atoms. The van der Waals surface area contributed by atoms with E-state index in [1.807, 2.05) is 6.20 Å². The van der Waals surface area contributed by atoms with Crippen molar-refractivity contribution >= 4 is 0 Å². The number of aryl methyl sites for hydroxylation is 1. The molecule has 1 unspecified atom stereocenters. The van der Waals surface area contributed by atoms with Crippen LogP contribution in [0.25, 0.3) is 0 Å². The summed E-state index contributed by atoms with van der Waals surface area (Å²) in [7, 11) is 1.70. The summed E-state index contributed by atoms with van der Waals surface area (Å²) in [5, 5.41) is 0. The number of hydrogen-bond acceptors (Lipinski definition) is 2. The quantitative estimate of drug-likeness (QED) is 0.740. The van der Waals surface area contributed by atoms with Gasteiger partial charge in [-0.25, -0.2) is 0 Å². The second-order valence-corrected chi connectivity index (χ2v) is 4.65. The van der Waals surface area contributed by atoms with Gasteiger partial charge in [0, 0.05) is 5.69 Å². The van der Waals surface area contributed by atoms with Gasteiger partial charge >= 0.3 is 0 Å². The van der Waals surface area contributed by atoms with Crippen molar-refractivity contribution in [2.75, 3.05) is 7.11 Å². The van der Waals surface area contributed by atoms with Crippen LogP contribution in [0, 0.1) is 5.92 Å². The molecule has 1 aromatic heterocycles. The van der Waals surface area contributed by atoms with Crippen LogP contribution in [0.2, 0.25) is 0 Å². The lowest BCUT2D eigenvalue weighted by atomic mass is 9.79. The van der Waals surface area contributed by atoms with Crippen molar-refractivity contribution in [2.45, 2.75) is 39.0 Å². The zero-order chi connectivity index (χ0) is 10.8. The molecule has 0 saturated carbocycles. The third-order valence-electron chi connectivity index (χ3n) is 3.35. The maximum absolute atomic E-state index is 5.25. The molecule has 82 valence electrons. The van der Waals surface area contributed by atoms with E-state index in [0.29, 0.717) is 11.8 Å². The number of nitrogens with zero attached hydrogens (tertiary/aromatic N) is 1. The highest BCUT2D eigenvalue weighted by atomic mass is 16.5. The molecule has 0 spiro atoms. The van der Waals surface area contributed by atoms with Crippen molar-refractivity contribution < 1.29 is 4.74 Å². The third kappa shape index (κ3) is 1.99. The van der Waals surface area contributed by atoms with Gasteiger partial charge in [0.15, 0.2) is 0 Å². The molecule has 0 aromatic carbocycles. The Morgan fingerprint density at radius 3 is 2.93 bits per heavy atom. The topological polar surface area (TPSA) is 22.1 Å². The zero-order valence-corrected chi connectivity index (χ0v) is 9.79. The Kier molecular flexibility index (Phi) is 2.94.